The average Bonchev–Trinajstić information content (AvgIpc) is 2.98. The minimum atomic E-state index is -0.518. The van der Waals surface area contributed by atoms with Gasteiger partial charge in [-0.25, -0.2) is 0 Å². The fraction of sp³-hybridized carbons (Fsp3) is 0.750. The maximum Gasteiger partial charge on any atom is 0.232 e. The van der Waals surface area contributed by atoms with E-state index in [9.17, 15) is 4.79 Å². The fourth-order valence-electron chi connectivity index (χ4n) is 2.31. The van der Waals surface area contributed by atoms with Crippen molar-refractivity contribution in [3.8, 4) is 11.8 Å². The van der Waals surface area contributed by atoms with E-state index < -0.39 is 6.04 Å². The zero-order chi connectivity index (χ0) is 12.8. The van der Waals surface area contributed by atoms with Crippen LogP contribution < -0.4 is 0 Å². The summed E-state index contributed by atoms with van der Waals surface area (Å²) in [6, 6.07) is -0.518. The lowest BCUT2D eigenvalue weighted by Gasteiger charge is -2.12. The Kier molecular flexibility index (Phi) is 4.46. The number of amides is 1. The second kappa shape index (κ2) is 6.29. The standard InChI is InChI=1S/C12H17N5O/c13-15-14-11-5-10-17(12(11)18)9-4-3-8-16-6-1-2-7-16/h11H,1-2,5-10H2/t11-/m1/s1. The van der Waals surface area contributed by atoms with Crippen molar-refractivity contribution < 1.29 is 4.79 Å². The first-order valence-electron chi connectivity index (χ1n) is 6.32. The third-order valence-electron chi connectivity index (χ3n) is 3.36. The molecule has 6 heteroatoms. The van der Waals surface area contributed by atoms with Crippen molar-refractivity contribution in [2.45, 2.75) is 25.3 Å². The van der Waals surface area contributed by atoms with Crippen molar-refractivity contribution in [3.63, 3.8) is 0 Å². The van der Waals surface area contributed by atoms with Crippen molar-refractivity contribution in [1.82, 2.24) is 9.80 Å². The Morgan fingerprint density at radius 3 is 2.72 bits per heavy atom. The van der Waals surface area contributed by atoms with Gasteiger partial charge in [0.1, 0.15) is 6.04 Å². The molecule has 2 fully saturated rings. The van der Waals surface area contributed by atoms with Crippen LogP contribution in [0.3, 0.4) is 0 Å². The summed E-state index contributed by atoms with van der Waals surface area (Å²) in [6.07, 6.45) is 3.14. The van der Waals surface area contributed by atoms with E-state index >= 15 is 0 Å². The van der Waals surface area contributed by atoms with E-state index in [-0.39, 0.29) is 5.91 Å². The van der Waals surface area contributed by atoms with Gasteiger partial charge in [0.15, 0.2) is 0 Å². The number of nitrogens with zero attached hydrogens (tertiary/aromatic N) is 5. The van der Waals surface area contributed by atoms with Gasteiger partial charge in [-0.05, 0) is 37.9 Å². The number of carbonyl (C=O) groups excluding carboxylic acids is 1. The molecule has 1 atom stereocenters. The summed E-state index contributed by atoms with van der Waals surface area (Å²) in [7, 11) is 0. The summed E-state index contributed by atoms with van der Waals surface area (Å²) in [6.45, 7) is 4.15. The molecule has 0 unspecified atom stereocenters. The van der Waals surface area contributed by atoms with E-state index in [0.29, 0.717) is 19.5 Å². The Balaban J connectivity index is 1.75. The topological polar surface area (TPSA) is 72.3 Å². The molecule has 0 radical (unpaired) electrons. The van der Waals surface area contributed by atoms with Gasteiger partial charge in [0.2, 0.25) is 5.91 Å². The fourth-order valence-corrected chi connectivity index (χ4v) is 2.31. The molecule has 2 saturated heterocycles. The normalized spacial score (nSPS) is 23.7. The van der Waals surface area contributed by atoms with Crippen molar-refractivity contribution in [3.05, 3.63) is 10.4 Å². The molecule has 0 aromatic heterocycles. The molecule has 0 bridgehead atoms. The Morgan fingerprint density at radius 2 is 2.00 bits per heavy atom. The van der Waals surface area contributed by atoms with Crippen LogP contribution in [0.2, 0.25) is 0 Å². The monoisotopic (exact) mass is 247 g/mol. The van der Waals surface area contributed by atoms with Gasteiger partial charge in [-0.2, -0.15) is 0 Å². The second-order valence-electron chi connectivity index (χ2n) is 4.61. The molecule has 96 valence electrons. The summed E-state index contributed by atoms with van der Waals surface area (Å²) < 4.78 is 0. The van der Waals surface area contributed by atoms with Crippen molar-refractivity contribution >= 4 is 5.91 Å². The summed E-state index contributed by atoms with van der Waals surface area (Å²) >= 11 is 0. The summed E-state index contributed by atoms with van der Waals surface area (Å²) in [5.74, 6) is 6.03. The highest BCUT2D eigenvalue weighted by atomic mass is 16.2. The maximum atomic E-state index is 11.7. The average molecular weight is 247 g/mol. The Labute approximate surface area is 107 Å². The first-order valence-corrected chi connectivity index (χ1v) is 6.32. The highest BCUT2D eigenvalue weighted by Gasteiger charge is 2.29. The molecular formula is C12H17N5O. The minimum absolute atomic E-state index is 0.0942. The smallest absolute Gasteiger partial charge is 0.232 e. The van der Waals surface area contributed by atoms with Gasteiger partial charge in [-0.3, -0.25) is 9.69 Å². The van der Waals surface area contributed by atoms with Crippen LogP contribution in [0.5, 0.6) is 0 Å². The largest absolute Gasteiger partial charge is 0.331 e. The lowest BCUT2D eigenvalue weighted by molar-refractivity contribution is -0.128. The van der Waals surface area contributed by atoms with E-state index in [4.69, 9.17) is 5.53 Å². The molecule has 2 aliphatic heterocycles. The van der Waals surface area contributed by atoms with Gasteiger partial charge in [-0.15, -0.1) is 0 Å². The van der Waals surface area contributed by atoms with E-state index in [1.807, 2.05) is 0 Å². The van der Waals surface area contributed by atoms with Crippen LogP contribution in [0.1, 0.15) is 19.3 Å². The Hall–Kier alpha value is -1.70. The number of azide groups is 1. The molecule has 2 rings (SSSR count). The molecule has 0 aromatic carbocycles. The lowest BCUT2D eigenvalue weighted by Crippen LogP contribution is -2.29. The van der Waals surface area contributed by atoms with Crippen LogP contribution in [0.4, 0.5) is 0 Å². The molecule has 0 N–H and O–H groups in total. The summed E-state index contributed by atoms with van der Waals surface area (Å²) in [5, 5.41) is 3.48. The van der Waals surface area contributed by atoms with Gasteiger partial charge in [-0.1, -0.05) is 17.0 Å². The van der Waals surface area contributed by atoms with Gasteiger partial charge >= 0.3 is 0 Å². The van der Waals surface area contributed by atoms with Crippen LogP contribution in [0.25, 0.3) is 10.4 Å². The SMILES string of the molecule is [N-]=[N+]=N[C@@H]1CCN(CC#CCN2CCCC2)C1=O. The molecule has 0 aliphatic carbocycles. The van der Waals surface area contributed by atoms with E-state index in [0.717, 1.165) is 19.6 Å². The maximum absolute atomic E-state index is 11.7. The third-order valence-corrected chi connectivity index (χ3v) is 3.36. The quantitative estimate of drug-likeness (QED) is 0.323. The molecule has 0 aromatic rings. The Morgan fingerprint density at radius 1 is 1.28 bits per heavy atom. The zero-order valence-corrected chi connectivity index (χ0v) is 10.4. The van der Waals surface area contributed by atoms with Crippen molar-refractivity contribution in [2.24, 2.45) is 5.11 Å². The molecule has 18 heavy (non-hydrogen) atoms. The third kappa shape index (κ3) is 3.16. The molecule has 1 amide bonds. The second-order valence-corrected chi connectivity index (χ2v) is 4.61. The van der Waals surface area contributed by atoms with Crippen LogP contribution in [-0.4, -0.2) is 54.5 Å². The van der Waals surface area contributed by atoms with Crippen LogP contribution in [0, 0.1) is 11.8 Å². The van der Waals surface area contributed by atoms with Crippen LogP contribution in [-0.2, 0) is 4.79 Å². The number of rotatable bonds is 3. The summed E-state index contributed by atoms with van der Waals surface area (Å²) in [5.41, 5.74) is 8.32. The first kappa shape index (κ1) is 12.7. The molecular weight excluding hydrogens is 230 g/mol. The van der Waals surface area contributed by atoms with E-state index in [1.165, 1.54) is 12.8 Å². The van der Waals surface area contributed by atoms with Crippen LogP contribution in [0.15, 0.2) is 5.11 Å². The summed E-state index contributed by atoms with van der Waals surface area (Å²) in [4.78, 5) is 18.4. The molecule has 0 saturated carbocycles. The zero-order valence-electron chi connectivity index (χ0n) is 10.4. The Bertz CT molecular complexity index is 412. The van der Waals surface area contributed by atoms with Crippen LogP contribution >= 0.6 is 0 Å². The highest BCUT2D eigenvalue weighted by molar-refractivity contribution is 5.84. The number of hydrogen-bond acceptors (Lipinski definition) is 3. The predicted octanol–water partition coefficient (Wildman–Crippen LogP) is 0.997. The first-order chi connectivity index (χ1) is 8.81. The molecule has 2 heterocycles. The van der Waals surface area contributed by atoms with Gasteiger partial charge in [0.05, 0.1) is 13.1 Å². The number of carbonyl (C=O) groups is 1. The molecule has 6 nitrogen and oxygen atoms in total. The predicted molar refractivity (Wildman–Crippen MR) is 67.6 cm³/mol. The number of likely N-dealkylation sites (tertiary alicyclic amines) is 2. The minimum Gasteiger partial charge on any atom is -0.331 e. The lowest BCUT2D eigenvalue weighted by atomic mass is 10.3. The van der Waals surface area contributed by atoms with E-state index in [1.54, 1.807) is 4.90 Å². The van der Waals surface area contributed by atoms with Gasteiger partial charge in [0, 0.05) is 11.5 Å². The van der Waals surface area contributed by atoms with Gasteiger partial charge in [0.25, 0.3) is 0 Å². The molecule has 2 aliphatic rings. The van der Waals surface area contributed by atoms with E-state index in [2.05, 4.69) is 26.8 Å². The van der Waals surface area contributed by atoms with Gasteiger partial charge < -0.3 is 4.90 Å². The number of hydrogen-bond donors (Lipinski definition) is 0. The molecule has 0 spiro atoms. The van der Waals surface area contributed by atoms with Crippen molar-refractivity contribution in [1.29, 1.82) is 0 Å². The van der Waals surface area contributed by atoms with Crippen molar-refractivity contribution in [2.75, 3.05) is 32.7 Å². The highest BCUT2D eigenvalue weighted by Crippen LogP contribution is 2.13.